The Morgan fingerprint density at radius 1 is 0.974 bits per heavy atom. The van der Waals surface area contributed by atoms with Gasteiger partial charge in [0.2, 0.25) is 5.78 Å². The minimum absolute atomic E-state index is 0.0315. The third kappa shape index (κ3) is 4.93. The molecule has 4 aromatic rings. The quantitative estimate of drug-likeness (QED) is 0.279. The molecule has 0 aliphatic carbocycles. The number of methoxy groups -OCH3 is 1. The number of carbonyl (C=O) groups excluding carboxylic acids is 2. The summed E-state index contributed by atoms with van der Waals surface area (Å²) in [5.74, 6) is -0.936. The molecule has 1 amide bonds. The monoisotopic (exact) mass is 527 g/mol. The Kier molecular flexibility index (Phi) is 6.56. The van der Waals surface area contributed by atoms with Crippen LogP contribution in [0.3, 0.4) is 0 Å². The maximum atomic E-state index is 13.9. The second kappa shape index (κ2) is 9.87. The lowest BCUT2D eigenvalue weighted by molar-refractivity contribution is -0.130. The number of aliphatic hydroxyl groups excluding tert-OH is 1. The van der Waals surface area contributed by atoms with Gasteiger partial charge in [-0.25, -0.2) is 0 Å². The van der Waals surface area contributed by atoms with Crippen molar-refractivity contribution < 1.29 is 33.7 Å². The molecule has 1 aliphatic heterocycles. The van der Waals surface area contributed by atoms with Gasteiger partial charge in [0, 0.05) is 10.9 Å². The van der Waals surface area contributed by atoms with E-state index in [4.69, 9.17) is 13.9 Å². The van der Waals surface area contributed by atoms with Crippen molar-refractivity contribution in [1.82, 2.24) is 4.90 Å². The highest BCUT2D eigenvalue weighted by molar-refractivity contribution is 6.16. The highest BCUT2D eigenvalue weighted by Crippen LogP contribution is 2.42. The highest BCUT2D eigenvalue weighted by Gasteiger charge is 2.45. The van der Waals surface area contributed by atoms with Crippen LogP contribution in [0.5, 0.6) is 17.2 Å². The number of ether oxygens (including phenoxy) is 2. The summed E-state index contributed by atoms with van der Waals surface area (Å²) in [5, 5.41) is 21.6. The summed E-state index contributed by atoms with van der Waals surface area (Å²) in [7, 11) is 1.50. The molecule has 0 bridgehead atoms. The van der Waals surface area contributed by atoms with Gasteiger partial charge >= 0.3 is 0 Å². The van der Waals surface area contributed by atoms with Crippen molar-refractivity contribution in [2.75, 3.05) is 7.11 Å². The van der Waals surface area contributed by atoms with Crippen molar-refractivity contribution in [3.63, 3.8) is 0 Å². The summed E-state index contributed by atoms with van der Waals surface area (Å²) in [4.78, 5) is 28.8. The van der Waals surface area contributed by atoms with Gasteiger partial charge in [0.15, 0.2) is 22.9 Å². The van der Waals surface area contributed by atoms with Crippen LogP contribution in [0.4, 0.5) is 0 Å². The van der Waals surface area contributed by atoms with Crippen molar-refractivity contribution in [2.45, 2.75) is 39.0 Å². The molecule has 1 aliphatic rings. The van der Waals surface area contributed by atoms with Crippen LogP contribution in [0.15, 0.2) is 88.5 Å². The van der Waals surface area contributed by atoms with Gasteiger partial charge in [0.1, 0.15) is 17.1 Å². The molecule has 1 atom stereocenters. The van der Waals surface area contributed by atoms with E-state index in [9.17, 15) is 19.8 Å². The number of furan rings is 1. The third-order valence-corrected chi connectivity index (χ3v) is 6.44. The maximum Gasteiger partial charge on any atom is 0.290 e. The molecule has 1 unspecified atom stereocenters. The molecule has 0 saturated carbocycles. The van der Waals surface area contributed by atoms with Crippen LogP contribution in [0, 0.1) is 0 Å². The maximum absolute atomic E-state index is 13.9. The Balaban J connectivity index is 1.59. The first-order valence-corrected chi connectivity index (χ1v) is 12.5. The molecule has 200 valence electrons. The smallest absolute Gasteiger partial charge is 0.290 e. The number of aromatic hydroxyl groups is 1. The predicted molar refractivity (Wildman–Crippen MR) is 145 cm³/mol. The minimum atomic E-state index is -0.941. The first-order valence-electron chi connectivity index (χ1n) is 12.5. The molecule has 1 aromatic heterocycles. The Morgan fingerprint density at radius 2 is 1.67 bits per heavy atom. The fourth-order valence-electron chi connectivity index (χ4n) is 4.74. The normalized spacial score (nSPS) is 15.7. The molecule has 0 fully saturated rings. The second-order valence-corrected chi connectivity index (χ2v) is 10.3. The Hall–Kier alpha value is -4.72. The molecular formula is C31H29NO7. The van der Waals surface area contributed by atoms with Crippen molar-refractivity contribution in [2.24, 2.45) is 0 Å². The lowest BCUT2D eigenvalue weighted by Gasteiger charge is -2.29. The van der Waals surface area contributed by atoms with Crippen LogP contribution >= 0.6 is 0 Å². The molecule has 8 nitrogen and oxygen atoms in total. The number of aliphatic hydroxyl groups is 1. The number of phenolic OH excluding ortho intramolecular Hbond substituents is 1. The zero-order valence-corrected chi connectivity index (χ0v) is 22.1. The zero-order valence-electron chi connectivity index (χ0n) is 22.1. The number of amides is 1. The van der Waals surface area contributed by atoms with Crippen LogP contribution in [0.25, 0.3) is 11.0 Å². The first-order chi connectivity index (χ1) is 18.6. The number of carbonyl (C=O) groups is 2. The Labute approximate surface area is 225 Å². The third-order valence-electron chi connectivity index (χ3n) is 6.44. The summed E-state index contributed by atoms with van der Waals surface area (Å²) in [6.45, 7) is 5.84. The largest absolute Gasteiger partial charge is 0.508 e. The van der Waals surface area contributed by atoms with E-state index in [0.29, 0.717) is 33.6 Å². The average Bonchev–Trinajstić information content (AvgIpc) is 3.44. The lowest BCUT2D eigenvalue weighted by atomic mass is 9.94. The standard InChI is InChI=1S/C31H29NO7/c1-31(2,3)39-22-10-6-5-8-20(22)17-32-26(18-12-14-21(33)15-13-18)25(28(35)30(32)36)27(34)24-16-19-9-7-11-23(37-4)29(19)38-24/h5-16,26,33,35H,17H2,1-4H3. The molecule has 3 aromatic carbocycles. The molecule has 5 rings (SSSR count). The van der Waals surface area contributed by atoms with Crippen LogP contribution in [-0.2, 0) is 11.3 Å². The molecule has 0 spiro atoms. The number of hydrogen-bond donors (Lipinski definition) is 2. The van der Waals surface area contributed by atoms with Crippen molar-refractivity contribution in [1.29, 1.82) is 0 Å². The molecule has 2 N–H and O–H groups in total. The topological polar surface area (TPSA) is 109 Å². The van der Waals surface area contributed by atoms with E-state index in [-0.39, 0.29) is 23.6 Å². The van der Waals surface area contributed by atoms with E-state index in [2.05, 4.69) is 0 Å². The molecule has 0 saturated heterocycles. The summed E-state index contributed by atoms with van der Waals surface area (Å²) in [6.07, 6.45) is 0. The van der Waals surface area contributed by atoms with Crippen LogP contribution in [0.2, 0.25) is 0 Å². The lowest BCUT2D eigenvalue weighted by Crippen LogP contribution is -2.31. The number of rotatable bonds is 7. The SMILES string of the molecule is COc1cccc2cc(C(=O)C3=C(O)C(=O)N(Cc4ccccc4OC(C)(C)C)C3c3ccc(O)cc3)oc12. The number of ketones is 1. The number of Topliss-reactive ketones (excluding diaryl/α,β-unsaturated/α-hetero) is 1. The number of para-hydroxylation sites is 2. The van der Waals surface area contributed by atoms with Gasteiger partial charge in [0.25, 0.3) is 5.91 Å². The first kappa shape index (κ1) is 25.9. The van der Waals surface area contributed by atoms with E-state index in [1.165, 1.54) is 24.1 Å². The van der Waals surface area contributed by atoms with Gasteiger partial charge in [-0.2, -0.15) is 0 Å². The number of fused-ring (bicyclic) bond motifs is 1. The molecule has 0 radical (unpaired) electrons. The van der Waals surface area contributed by atoms with Gasteiger partial charge in [0.05, 0.1) is 25.3 Å². The van der Waals surface area contributed by atoms with Gasteiger partial charge in [-0.1, -0.05) is 42.5 Å². The van der Waals surface area contributed by atoms with Crippen molar-refractivity contribution >= 4 is 22.7 Å². The summed E-state index contributed by atoms with van der Waals surface area (Å²) >= 11 is 0. The molecule has 39 heavy (non-hydrogen) atoms. The average molecular weight is 528 g/mol. The highest BCUT2D eigenvalue weighted by atomic mass is 16.5. The van der Waals surface area contributed by atoms with Crippen molar-refractivity contribution in [3.8, 4) is 17.2 Å². The van der Waals surface area contributed by atoms with Crippen molar-refractivity contribution in [3.05, 3.63) is 101 Å². The van der Waals surface area contributed by atoms with E-state index in [1.807, 2.05) is 45.0 Å². The van der Waals surface area contributed by atoms with Gasteiger partial charge in [-0.15, -0.1) is 0 Å². The van der Waals surface area contributed by atoms with Gasteiger partial charge in [-0.05, 0) is 56.7 Å². The minimum Gasteiger partial charge on any atom is -0.508 e. The number of hydrogen-bond acceptors (Lipinski definition) is 7. The van der Waals surface area contributed by atoms with Gasteiger partial charge < -0.3 is 29.0 Å². The van der Waals surface area contributed by atoms with E-state index in [1.54, 1.807) is 36.4 Å². The van der Waals surface area contributed by atoms with Crippen LogP contribution < -0.4 is 9.47 Å². The van der Waals surface area contributed by atoms with E-state index in [0.717, 1.165) is 0 Å². The van der Waals surface area contributed by atoms with E-state index < -0.39 is 29.1 Å². The number of benzene rings is 3. The molecule has 8 heteroatoms. The van der Waals surface area contributed by atoms with Crippen LogP contribution in [0.1, 0.15) is 48.5 Å². The zero-order chi connectivity index (χ0) is 27.9. The summed E-state index contributed by atoms with van der Waals surface area (Å²) in [5.41, 5.74) is 1.04. The number of nitrogens with zero attached hydrogens (tertiary/aromatic N) is 1. The van der Waals surface area contributed by atoms with Gasteiger partial charge in [-0.3, -0.25) is 9.59 Å². The predicted octanol–water partition coefficient (Wildman–Crippen LogP) is 6.10. The van der Waals surface area contributed by atoms with E-state index >= 15 is 0 Å². The Morgan fingerprint density at radius 3 is 2.36 bits per heavy atom. The van der Waals surface area contributed by atoms with Crippen LogP contribution in [-0.4, -0.2) is 39.5 Å². The summed E-state index contributed by atoms with van der Waals surface area (Å²) < 4.78 is 17.3. The fraction of sp³-hybridized carbons (Fsp3) is 0.226. The molecule has 2 heterocycles. The number of phenols is 1. The fourth-order valence-corrected chi connectivity index (χ4v) is 4.74. The summed E-state index contributed by atoms with van der Waals surface area (Å²) in [6, 6.07) is 19.4. The Bertz CT molecular complexity index is 1590. The second-order valence-electron chi connectivity index (χ2n) is 10.3. The molecular weight excluding hydrogens is 498 g/mol.